The van der Waals surface area contributed by atoms with Crippen LogP contribution in [0.5, 0.6) is 0 Å². The zero-order valence-electron chi connectivity index (χ0n) is 14.3. The van der Waals surface area contributed by atoms with Crippen LogP contribution in [-0.4, -0.2) is 33.7 Å². The van der Waals surface area contributed by atoms with Gasteiger partial charge in [0.25, 0.3) is 5.95 Å². The summed E-state index contributed by atoms with van der Waals surface area (Å²) in [7, 11) is 0. The maximum absolute atomic E-state index is 11.7. The number of benzene rings is 1. The molecule has 0 saturated heterocycles. The Balaban J connectivity index is 1.66. The number of aryl methyl sites for hydroxylation is 1. The molecular weight excluding hydrogens is 336 g/mol. The van der Waals surface area contributed by atoms with Crippen molar-refractivity contribution in [3.63, 3.8) is 0 Å². The molecule has 26 heavy (non-hydrogen) atoms. The van der Waals surface area contributed by atoms with Gasteiger partial charge < -0.3 is 15.0 Å². The van der Waals surface area contributed by atoms with Crippen molar-refractivity contribution < 1.29 is 13.9 Å². The lowest BCUT2D eigenvalue weighted by Crippen LogP contribution is -2.13. The van der Waals surface area contributed by atoms with Crippen molar-refractivity contribution in [2.75, 3.05) is 17.9 Å². The number of esters is 1. The number of anilines is 1. The fourth-order valence-corrected chi connectivity index (χ4v) is 2.16. The maximum Gasteiger partial charge on any atom is 0.338 e. The molecule has 0 unspecified atom stereocenters. The zero-order chi connectivity index (χ0) is 18.5. The van der Waals surface area contributed by atoms with Crippen molar-refractivity contribution in [3.05, 3.63) is 53.5 Å². The van der Waals surface area contributed by atoms with Gasteiger partial charge in [-0.3, -0.25) is 0 Å². The van der Waals surface area contributed by atoms with Crippen LogP contribution in [-0.2, 0) is 4.74 Å². The van der Waals surface area contributed by atoms with Crippen molar-refractivity contribution in [3.8, 4) is 11.3 Å². The van der Waals surface area contributed by atoms with Gasteiger partial charge in [-0.05, 0) is 38.1 Å². The molecule has 134 valence electrons. The van der Waals surface area contributed by atoms with Crippen molar-refractivity contribution in [1.29, 1.82) is 0 Å². The Kier molecular flexibility index (Phi) is 4.97. The van der Waals surface area contributed by atoms with Crippen LogP contribution in [0.4, 0.5) is 5.95 Å². The highest BCUT2D eigenvalue weighted by Crippen LogP contribution is 2.22. The second-order valence-corrected chi connectivity index (χ2v) is 5.31. The lowest BCUT2D eigenvalue weighted by molar-refractivity contribution is 0.0526. The molecule has 0 fully saturated rings. The number of nitrogen functional groups attached to an aromatic ring is 1. The summed E-state index contributed by atoms with van der Waals surface area (Å²) in [5.74, 6) is 7.45. The van der Waals surface area contributed by atoms with Crippen LogP contribution in [0, 0.1) is 6.92 Å². The largest absolute Gasteiger partial charge is 0.462 e. The van der Waals surface area contributed by atoms with Crippen LogP contribution in [0.3, 0.4) is 0 Å². The number of nitrogens with zero attached hydrogens (tertiary/aromatic N) is 4. The van der Waals surface area contributed by atoms with E-state index in [0.717, 1.165) is 5.56 Å². The number of rotatable bonds is 6. The van der Waals surface area contributed by atoms with Crippen molar-refractivity contribution in [2.24, 2.45) is 5.10 Å². The highest BCUT2D eigenvalue weighted by molar-refractivity contribution is 5.90. The van der Waals surface area contributed by atoms with Gasteiger partial charge in [-0.1, -0.05) is 12.1 Å². The molecule has 0 bridgehead atoms. The summed E-state index contributed by atoms with van der Waals surface area (Å²) >= 11 is 0. The molecule has 0 aliphatic carbocycles. The monoisotopic (exact) mass is 354 g/mol. The Morgan fingerprint density at radius 2 is 2.08 bits per heavy atom. The topological polar surface area (TPSA) is 121 Å². The predicted octanol–water partition coefficient (Wildman–Crippen LogP) is 2.18. The normalized spacial score (nSPS) is 11.0. The summed E-state index contributed by atoms with van der Waals surface area (Å²) in [6.07, 6.45) is 1.50. The van der Waals surface area contributed by atoms with Crippen molar-refractivity contribution in [2.45, 2.75) is 13.8 Å². The first-order chi connectivity index (χ1) is 12.6. The molecule has 3 rings (SSSR count). The molecule has 0 saturated carbocycles. The van der Waals surface area contributed by atoms with Gasteiger partial charge in [0, 0.05) is 5.56 Å². The minimum absolute atomic E-state index is 0.320. The summed E-state index contributed by atoms with van der Waals surface area (Å²) in [6, 6.07) is 10.6. The van der Waals surface area contributed by atoms with Crippen molar-refractivity contribution >= 4 is 18.1 Å². The Labute approximate surface area is 149 Å². The number of hydrazone groups is 1. The van der Waals surface area contributed by atoms with Gasteiger partial charge in [-0.15, -0.1) is 10.2 Å². The molecule has 3 aromatic rings. The standard InChI is InChI=1S/C17H18N6O3/c1-3-25-16(24)13-6-4-12(5-7-13)15-9-8-14(26-15)10-19-21-17-22-20-11(2)23(17)18/h4-10H,3,18H2,1-2H3,(H,21,22)/b19-10+. The number of aromatic nitrogens is 3. The van der Waals surface area contributed by atoms with E-state index in [0.29, 0.717) is 35.5 Å². The molecule has 9 heteroatoms. The maximum atomic E-state index is 11.7. The van der Waals surface area contributed by atoms with Gasteiger partial charge in [-0.25, -0.2) is 14.9 Å². The number of hydrogen-bond donors (Lipinski definition) is 2. The SMILES string of the molecule is CCOC(=O)c1ccc(-c2ccc(/C=N/Nc3nnc(C)n3N)o2)cc1. The third kappa shape index (κ3) is 3.72. The third-order valence-corrected chi connectivity index (χ3v) is 3.53. The second-order valence-electron chi connectivity index (χ2n) is 5.31. The van der Waals surface area contributed by atoms with E-state index < -0.39 is 0 Å². The number of furan rings is 1. The van der Waals surface area contributed by atoms with Gasteiger partial charge in [0.15, 0.2) is 5.82 Å². The van der Waals surface area contributed by atoms with Crippen molar-refractivity contribution in [1.82, 2.24) is 14.9 Å². The van der Waals surface area contributed by atoms with Gasteiger partial charge in [0.05, 0.1) is 18.4 Å². The number of hydrogen-bond acceptors (Lipinski definition) is 8. The van der Waals surface area contributed by atoms with Gasteiger partial charge >= 0.3 is 5.97 Å². The van der Waals surface area contributed by atoms with Crippen LogP contribution in [0.15, 0.2) is 45.9 Å². The summed E-state index contributed by atoms with van der Waals surface area (Å²) in [4.78, 5) is 11.7. The first-order valence-electron chi connectivity index (χ1n) is 7.92. The highest BCUT2D eigenvalue weighted by Gasteiger charge is 2.08. The van der Waals surface area contributed by atoms with Gasteiger partial charge in [-0.2, -0.15) is 5.10 Å². The number of carbonyl (C=O) groups excluding carboxylic acids is 1. The number of carbonyl (C=O) groups is 1. The van der Waals surface area contributed by atoms with Crippen LogP contribution >= 0.6 is 0 Å². The molecule has 0 radical (unpaired) electrons. The van der Waals surface area contributed by atoms with E-state index >= 15 is 0 Å². The summed E-state index contributed by atoms with van der Waals surface area (Å²) in [6.45, 7) is 3.84. The molecule has 2 heterocycles. The fourth-order valence-electron chi connectivity index (χ4n) is 2.16. The van der Waals surface area contributed by atoms with Crippen LogP contribution in [0.1, 0.15) is 28.9 Å². The van der Waals surface area contributed by atoms with E-state index in [1.54, 1.807) is 44.2 Å². The number of nitrogens with two attached hydrogens (primary N) is 1. The number of nitrogens with one attached hydrogen (secondary N) is 1. The van der Waals surface area contributed by atoms with E-state index in [9.17, 15) is 4.79 Å². The molecule has 0 aliphatic rings. The Hall–Kier alpha value is -3.62. The molecule has 1 aromatic carbocycles. The predicted molar refractivity (Wildman–Crippen MR) is 96.2 cm³/mol. The average Bonchev–Trinajstić information content (AvgIpc) is 3.24. The van der Waals surface area contributed by atoms with E-state index in [4.69, 9.17) is 15.0 Å². The van der Waals surface area contributed by atoms with E-state index in [-0.39, 0.29) is 5.97 Å². The highest BCUT2D eigenvalue weighted by atomic mass is 16.5. The minimum atomic E-state index is -0.347. The van der Waals surface area contributed by atoms with E-state index in [2.05, 4.69) is 20.7 Å². The van der Waals surface area contributed by atoms with Crippen LogP contribution < -0.4 is 11.3 Å². The lowest BCUT2D eigenvalue weighted by atomic mass is 10.1. The van der Waals surface area contributed by atoms with Crippen LogP contribution in [0.25, 0.3) is 11.3 Å². The van der Waals surface area contributed by atoms with Gasteiger partial charge in [0.1, 0.15) is 11.5 Å². The lowest BCUT2D eigenvalue weighted by Gasteiger charge is -2.02. The minimum Gasteiger partial charge on any atom is -0.462 e. The smallest absolute Gasteiger partial charge is 0.338 e. The molecule has 0 atom stereocenters. The molecule has 0 amide bonds. The molecule has 0 spiro atoms. The van der Waals surface area contributed by atoms with E-state index in [1.165, 1.54) is 10.9 Å². The Morgan fingerprint density at radius 3 is 2.73 bits per heavy atom. The van der Waals surface area contributed by atoms with Crippen LogP contribution in [0.2, 0.25) is 0 Å². The summed E-state index contributed by atoms with van der Waals surface area (Å²) in [5.41, 5.74) is 4.02. The first kappa shape index (κ1) is 17.2. The first-order valence-corrected chi connectivity index (χ1v) is 7.92. The molecule has 0 aliphatic heterocycles. The zero-order valence-corrected chi connectivity index (χ0v) is 14.3. The third-order valence-electron chi connectivity index (χ3n) is 3.53. The number of ether oxygens (including phenoxy) is 1. The quantitative estimate of drug-likeness (QED) is 0.301. The molecular formula is C17H18N6O3. The second kappa shape index (κ2) is 7.51. The van der Waals surface area contributed by atoms with Gasteiger partial charge in [0.2, 0.25) is 0 Å². The Bertz CT molecular complexity index is 926. The molecule has 3 N–H and O–H groups in total. The van der Waals surface area contributed by atoms with E-state index in [1.807, 2.05) is 6.07 Å². The fraction of sp³-hybridized carbons (Fsp3) is 0.176. The molecule has 9 nitrogen and oxygen atoms in total. The molecule has 2 aromatic heterocycles. The average molecular weight is 354 g/mol. The summed E-state index contributed by atoms with van der Waals surface area (Å²) in [5, 5.41) is 11.7. The Morgan fingerprint density at radius 1 is 1.31 bits per heavy atom. The summed E-state index contributed by atoms with van der Waals surface area (Å²) < 4.78 is 12.0.